The fourth-order valence-electron chi connectivity index (χ4n) is 3.06. The molecular formula is C18H22N2. The Morgan fingerprint density at radius 2 is 1.50 bits per heavy atom. The second-order valence-corrected chi connectivity index (χ2v) is 6.63. The monoisotopic (exact) mass is 266 g/mol. The molecule has 0 amide bonds. The molecule has 104 valence electrons. The smallest absolute Gasteiger partial charge is 0.0710 e. The van der Waals surface area contributed by atoms with E-state index in [9.17, 15) is 0 Å². The maximum absolute atomic E-state index is 2.29. The van der Waals surface area contributed by atoms with Gasteiger partial charge in [0.25, 0.3) is 0 Å². The predicted octanol–water partition coefficient (Wildman–Crippen LogP) is 4.29. The maximum Gasteiger partial charge on any atom is 0.0710 e. The summed E-state index contributed by atoms with van der Waals surface area (Å²) in [5.41, 5.74) is 4.10. The molecule has 0 atom stereocenters. The molecule has 2 aromatic carbocycles. The molecule has 0 saturated heterocycles. The van der Waals surface area contributed by atoms with Gasteiger partial charge in [-0.1, -0.05) is 51.1 Å². The van der Waals surface area contributed by atoms with E-state index in [-0.39, 0.29) is 5.41 Å². The van der Waals surface area contributed by atoms with Crippen LogP contribution in [0.25, 0.3) is 21.8 Å². The van der Waals surface area contributed by atoms with E-state index in [1.165, 1.54) is 27.4 Å². The first-order chi connectivity index (χ1) is 9.41. The summed E-state index contributed by atoms with van der Waals surface area (Å²) >= 11 is 0. The lowest BCUT2D eigenvalue weighted by Crippen LogP contribution is -2.24. The Morgan fingerprint density at radius 3 is 2.15 bits per heavy atom. The first-order valence-corrected chi connectivity index (χ1v) is 7.11. The van der Waals surface area contributed by atoms with Crippen molar-refractivity contribution in [2.75, 3.05) is 19.1 Å². The maximum atomic E-state index is 2.29. The van der Waals surface area contributed by atoms with Crippen LogP contribution < -0.4 is 5.01 Å². The molecule has 0 fully saturated rings. The summed E-state index contributed by atoms with van der Waals surface area (Å²) in [5, 5.41) is 4.86. The summed E-state index contributed by atoms with van der Waals surface area (Å²) in [5.74, 6) is 0. The first-order valence-electron chi connectivity index (χ1n) is 7.11. The summed E-state index contributed by atoms with van der Waals surface area (Å²) in [6.45, 7) is 6.84. The molecular weight excluding hydrogens is 244 g/mol. The van der Waals surface area contributed by atoms with E-state index in [1.54, 1.807) is 0 Å². The van der Waals surface area contributed by atoms with Gasteiger partial charge in [-0.15, -0.1) is 0 Å². The van der Waals surface area contributed by atoms with E-state index in [4.69, 9.17) is 0 Å². The van der Waals surface area contributed by atoms with Crippen LogP contribution in [-0.4, -0.2) is 18.8 Å². The van der Waals surface area contributed by atoms with E-state index in [2.05, 4.69) is 87.0 Å². The Balaban J connectivity index is 2.57. The second kappa shape index (κ2) is 4.27. The lowest BCUT2D eigenvalue weighted by atomic mass is 9.84. The summed E-state index contributed by atoms with van der Waals surface area (Å²) < 4.78 is 2.29. The third-order valence-electron chi connectivity index (χ3n) is 3.88. The highest BCUT2D eigenvalue weighted by molar-refractivity contribution is 6.10. The van der Waals surface area contributed by atoms with Crippen molar-refractivity contribution in [3.05, 3.63) is 48.0 Å². The molecule has 0 aliphatic rings. The molecule has 3 rings (SSSR count). The number of fused-ring (bicyclic) bond motifs is 3. The van der Waals surface area contributed by atoms with Crippen molar-refractivity contribution in [2.24, 2.45) is 0 Å². The minimum absolute atomic E-state index is 0.140. The van der Waals surface area contributed by atoms with E-state index in [1.807, 2.05) is 0 Å². The predicted molar refractivity (Wildman–Crippen MR) is 88.2 cm³/mol. The minimum Gasteiger partial charge on any atom is -0.318 e. The van der Waals surface area contributed by atoms with Crippen molar-refractivity contribution in [3.8, 4) is 0 Å². The van der Waals surface area contributed by atoms with E-state index in [0.717, 1.165) is 0 Å². The van der Waals surface area contributed by atoms with Crippen molar-refractivity contribution in [2.45, 2.75) is 26.2 Å². The zero-order chi connectivity index (χ0) is 14.5. The van der Waals surface area contributed by atoms with Crippen LogP contribution in [-0.2, 0) is 5.41 Å². The van der Waals surface area contributed by atoms with Crippen LogP contribution in [0, 0.1) is 0 Å². The Kier molecular flexibility index (Phi) is 2.79. The molecule has 0 radical (unpaired) electrons. The van der Waals surface area contributed by atoms with Crippen LogP contribution in [0.1, 0.15) is 26.3 Å². The van der Waals surface area contributed by atoms with E-state index < -0.39 is 0 Å². The molecule has 1 heterocycles. The van der Waals surface area contributed by atoms with Gasteiger partial charge in [0.15, 0.2) is 0 Å². The molecule has 2 nitrogen and oxygen atoms in total. The fourth-order valence-corrected chi connectivity index (χ4v) is 3.06. The Hall–Kier alpha value is -1.96. The highest BCUT2D eigenvalue weighted by atomic mass is 15.5. The minimum atomic E-state index is 0.140. The third kappa shape index (κ3) is 1.79. The fraction of sp³-hybridized carbons (Fsp3) is 0.333. The molecule has 0 aliphatic carbocycles. The first kappa shape index (κ1) is 13.0. The molecule has 3 aromatic rings. The second-order valence-electron chi connectivity index (χ2n) is 6.63. The summed E-state index contributed by atoms with van der Waals surface area (Å²) in [4.78, 5) is 0. The van der Waals surface area contributed by atoms with Crippen LogP contribution >= 0.6 is 0 Å². The Labute approximate surface area is 120 Å². The van der Waals surface area contributed by atoms with Gasteiger partial charge in [-0.25, -0.2) is 0 Å². The SMILES string of the molecule is CN(C)n1c2ccccc2c2c(C(C)(C)C)cccc21. The summed E-state index contributed by atoms with van der Waals surface area (Å²) in [7, 11) is 4.19. The highest BCUT2D eigenvalue weighted by Gasteiger charge is 2.21. The number of hydrogen-bond donors (Lipinski definition) is 0. The Bertz CT molecular complexity index is 773. The van der Waals surface area contributed by atoms with E-state index in [0.29, 0.717) is 0 Å². The van der Waals surface area contributed by atoms with Crippen molar-refractivity contribution >= 4 is 21.8 Å². The number of rotatable bonds is 1. The van der Waals surface area contributed by atoms with Gasteiger partial charge in [0, 0.05) is 24.9 Å². The van der Waals surface area contributed by atoms with Crippen LogP contribution in [0.2, 0.25) is 0 Å². The van der Waals surface area contributed by atoms with Gasteiger partial charge in [-0.05, 0) is 23.1 Å². The van der Waals surface area contributed by atoms with Crippen LogP contribution in [0.4, 0.5) is 0 Å². The average molecular weight is 266 g/mol. The van der Waals surface area contributed by atoms with Gasteiger partial charge in [-0.3, -0.25) is 4.68 Å². The van der Waals surface area contributed by atoms with Gasteiger partial charge < -0.3 is 5.01 Å². The molecule has 0 N–H and O–H groups in total. The number of para-hydroxylation sites is 1. The van der Waals surface area contributed by atoms with Crippen LogP contribution in [0.5, 0.6) is 0 Å². The quantitative estimate of drug-likeness (QED) is 0.638. The largest absolute Gasteiger partial charge is 0.318 e. The van der Waals surface area contributed by atoms with Crippen molar-refractivity contribution < 1.29 is 0 Å². The molecule has 2 heteroatoms. The zero-order valence-electron chi connectivity index (χ0n) is 12.9. The molecule has 0 saturated carbocycles. The molecule has 0 bridgehead atoms. The topological polar surface area (TPSA) is 8.17 Å². The van der Waals surface area contributed by atoms with Crippen LogP contribution in [0.3, 0.4) is 0 Å². The van der Waals surface area contributed by atoms with Gasteiger partial charge in [0.1, 0.15) is 0 Å². The number of nitrogens with zero attached hydrogens (tertiary/aromatic N) is 2. The lowest BCUT2D eigenvalue weighted by molar-refractivity contribution is 0.596. The summed E-state index contributed by atoms with van der Waals surface area (Å²) in [6.07, 6.45) is 0. The summed E-state index contributed by atoms with van der Waals surface area (Å²) in [6, 6.07) is 15.3. The number of benzene rings is 2. The number of aromatic nitrogens is 1. The Morgan fingerprint density at radius 1 is 0.850 bits per heavy atom. The zero-order valence-corrected chi connectivity index (χ0v) is 12.9. The van der Waals surface area contributed by atoms with Gasteiger partial charge in [0.2, 0.25) is 0 Å². The molecule has 0 unspecified atom stereocenters. The van der Waals surface area contributed by atoms with Gasteiger partial charge >= 0.3 is 0 Å². The molecule has 20 heavy (non-hydrogen) atoms. The average Bonchev–Trinajstić information content (AvgIpc) is 2.71. The van der Waals surface area contributed by atoms with Gasteiger partial charge in [0.05, 0.1) is 11.0 Å². The molecule has 0 aliphatic heterocycles. The van der Waals surface area contributed by atoms with E-state index >= 15 is 0 Å². The standard InChI is InChI=1S/C18H22N2/c1-18(2,3)14-10-8-12-16-17(14)13-9-6-7-11-15(13)20(16)19(4)5/h6-12H,1-5H3. The van der Waals surface area contributed by atoms with Crippen molar-refractivity contribution in [1.82, 2.24) is 4.68 Å². The number of hydrogen-bond acceptors (Lipinski definition) is 1. The van der Waals surface area contributed by atoms with Crippen molar-refractivity contribution in [3.63, 3.8) is 0 Å². The highest BCUT2D eigenvalue weighted by Crippen LogP contribution is 2.36. The molecule has 0 spiro atoms. The lowest BCUT2D eigenvalue weighted by Gasteiger charge is -2.21. The van der Waals surface area contributed by atoms with Gasteiger partial charge in [-0.2, -0.15) is 0 Å². The molecule has 1 aromatic heterocycles. The van der Waals surface area contributed by atoms with Crippen molar-refractivity contribution in [1.29, 1.82) is 0 Å². The van der Waals surface area contributed by atoms with Crippen LogP contribution in [0.15, 0.2) is 42.5 Å². The third-order valence-corrected chi connectivity index (χ3v) is 3.88. The normalized spacial score (nSPS) is 12.2.